The molecule has 29 heavy (non-hydrogen) atoms. The highest BCUT2D eigenvalue weighted by atomic mass is 32.2. The van der Waals surface area contributed by atoms with Crippen LogP contribution in [-0.2, 0) is 0 Å². The van der Waals surface area contributed by atoms with Gasteiger partial charge in [0, 0.05) is 49.4 Å². The first-order valence-electron chi connectivity index (χ1n) is 9.19. The van der Waals surface area contributed by atoms with Gasteiger partial charge in [0.15, 0.2) is 0 Å². The van der Waals surface area contributed by atoms with Crippen molar-refractivity contribution in [1.29, 1.82) is 0 Å². The molecule has 0 bridgehead atoms. The Morgan fingerprint density at radius 2 is 1.76 bits per heavy atom. The quantitative estimate of drug-likeness (QED) is 0.447. The van der Waals surface area contributed by atoms with Crippen molar-refractivity contribution in [2.45, 2.75) is 17.7 Å². The summed E-state index contributed by atoms with van der Waals surface area (Å²) in [5.41, 5.74) is 1.26. The minimum Gasteiger partial charge on any atom is -0.366 e. The van der Waals surface area contributed by atoms with Crippen LogP contribution in [0.1, 0.15) is 23.2 Å². The van der Waals surface area contributed by atoms with Crippen LogP contribution in [0.25, 0.3) is 0 Å². The molecule has 0 aliphatic carbocycles. The van der Waals surface area contributed by atoms with E-state index in [0.717, 1.165) is 42.6 Å². The van der Waals surface area contributed by atoms with E-state index in [1.54, 1.807) is 50.5 Å². The summed E-state index contributed by atoms with van der Waals surface area (Å²) in [5.74, 6) is -0.425. The molecular weight excluding hydrogens is 392 g/mol. The summed E-state index contributed by atoms with van der Waals surface area (Å²) in [7, 11) is 3.36. The lowest BCUT2D eigenvalue weighted by Gasteiger charge is -2.17. The highest BCUT2D eigenvalue weighted by molar-refractivity contribution is 8.13. The van der Waals surface area contributed by atoms with Crippen molar-refractivity contribution in [3.63, 3.8) is 0 Å². The standard InChI is InChI=1S/C20H22N4O4S/c1-22(2)20(26)29-16-8-6-15(7-9-16)21-19(25)14-5-10-17(18(13-14)24(27)28)23-11-3-4-12-23/h5-10,13H,3-4,11-12H2,1-2H3,(H,21,25). The zero-order valence-corrected chi connectivity index (χ0v) is 17.1. The number of carbonyl (C=O) groups excluding carboxylic acids is 2. The molecule has 152 valence electrons. The molecule has 2 aromatic carbocycles. The Kier molecular flexibility index (Phi) is 6.38. The largest absolute Gasteiger partial charge is 0.366 e. The molecule has 8 nitrogen and oxygen atoms in total. The summed E-state index contributed by atoms with van der Waals surface area (Å²) < 4.78 is 0. The molecule has 2 amide bonds. The first-order valence-corrected chi connectivity index (χ1v) is 10.0. The van der Waals surface area contributed by atoms with Crippen LogP contribution in [0.5, 0.6) is 0 Å². The van der Waals surface area contributed by atoms with Gasteiger partial charge in [0.05, 0.1) is 4.92 Å². The number of amides is 2. The van der Waals surface area contributed by atoms with Gasteiger partial charge in [0.25, 0.3) is 16.8 Å². The normalized spacial score (nSPS) is 13.2. The van der Waals surface area contributed by atoms with Crippen molar-refractivity contribution in [3.8, 4) is 0 Å². The second-order valence-corrected chi connectivity index (χ2v) is 7.92. The summed E-state index contributed by atoms with van der Waals surface area (Å²) >= 11 is 1.09. The van der Waals surface area contributed by atoms with E-state index in [4.69, 9.17) is 0 Å². The van der Waals surface area contributed by atoms with Crippen molar-refractivity contribution < 1.29 is 14.5 Å². The van der Waals surface area contributed by atoms with E-state index in [9.17, 15) is 19.7 Å². The molecule has 2 aromatic rings. The van der Waals surface area contributed by atoms with Gasteiger partial charge in [0.1, 0.15) is 5.69 Å². The number of nitrogens with zero attached hydrogens (tertiary/aromatic N) is 3. The minimum atomic E-state index is -0.446. The molecule has 1 aliphatic heterocycles. The maximum absolute atomic E-state index is 12.6. The number of nitro benzene ring substituents is 1. The number of hydrogen-bond donors (Lipinski definition) is 1. The first kappa shape index (κ1) is 20.7. The van der Waals surface area contributed by atoms with Crippen molar-refractivity contribution >= 4 is 40.0 Å². The Morgan fingerprint density at radius 3 is 2.34 bits per heavy atom. The molecule has 0 spiro atoms. The molecule has 1 heterocycles. The van der Waals surface area contributed by atoms with Crippen LogP contribution in [0.2, 0.25) is 0 Å². The van der Waals surface area contributed by atoms with Gasteiger partial charge < -0.3 is 15.1 Å². The monoisotopic (exact) mass is 414 g/mol. The number of anilines is 2. The van der Waals surface area contributed by atoms with Gasteiger partial charge in [-0.2, -0.15) is 0 Å². The smallest absolute Gasteiger partial charge is 0.293 e. The van der Waals surface area contributed by atoms with E-state index >= 15 is 0 Å². The molecule has 1 saturated heterocycles. The molecule has 0 radical (unpaired) electrons. The number of carbonyl (C=O) groups is 2. The average Bonchev–Trinajstić information content (AvgIpc) is 3.23. The fourth-order valence-electron chi connectivity index (χ4n) is 3.04. The van der Waals surface area contributed by atoms with E-state index < -0.39 is 10.8 Å². The molecule has 9 heteroatoms. The van der Waals surface area contributed by atoms with Crippen LogP contribution in [0.3, 0.4) is 0 Å². The average molecular weight is 414 g/mol. The number of rotatable bonds is 5. The van der Waals surface area contributed by atoms with E-state index in [0.29, 0.717) is 11.4 Å². The lowest BCUT2D eigenvalue weighted by molar-refractivity contribution is -0.384. The fraction of sp³-hybridized carbons (Fsp3) is 0.300. The number of thioether (sulfide) groups is 1. The van der Waals surface area contributed by atoms with Crippen LogP contribution < -0.4 is 10.2 Å². The Bertz CT molecular complexity index is 925. The highest BCUT2D eigenvalue weighted by Crippen LogP contribution is 2.32. The number of nitro groups is 1. The second kappa shape index (κ2) is 8.95. The second-order valence-electron chi connectivity index (χ2n) is 6.90. The van der Waals surface area contributed by atoms with Crippen LogP contribution in [0, 0.1) is 10.1 Å². The van der Waals surface area contributed by atoms with Gasteiger partial charge in [0.2, 0.25) is 0 Å². The van der Waals surface area contributed by atoms with Gasteiger partial charge in [-0.3, -0.25) is 19.7 Å². The molecule has 0 saturated carbocycles. The van der Waals surface area contributed by atoms with Crippen molar-refractivity contribution in [2.24, 2.45) is 0 Å². The van der Waals surface area contributed by atoms with Crippen molar-refractivity contribution in [3.05, 3.63) is 58.1 Å². The summed E-state index contributed by atoms with van der Waals surface area (Å²) in [6.07, 6.45) is 2.02. The predicted molar refractivity (Wildman–Crippen MR) is 114 cm³/mol. The topological polar surface area (TPSA) is 95.8 Å². The van der Waals surface area contributed by atoms with Crippen LogP contribution in [0.4, 0.5) is 21.9 Å². The third kappa shape index (κ3) is 5.05. The Balaban J connectivity index is 1.72. The maximum atomic E-state index is 12.6. The highest BCUT2D eigenvalue weighted by Gasteiger charge is 2.24. The lowest BCUT2D eigenvalue weighted by Crippen LogP contribution is -2.19. The summed E-state index contributed by atoms with van der Waals surface area (Å²) in [6, 6.07) is 11.4. The SMILES string of the molecule is CN(C)C(=O)Sc1ccc(NC(=O)c2ccc(N3CCCC3)c([N+](=O)[O-])c2)cc1. The number of nitrogens with one attached hydrogen (secondary N) is 1. The van der Waals surface area contributed by atoms with Crippen molar-refractivity contribution in [2.75, 3.05) is 37.4 Å². The zero-order chi connectivity index (χ0) is 21.0. The molecule has 0 aromatic heterocycles. The molecule has 0 atom stereocenters. The predicted octanol–water partition coefficient (Wildman–Crippen LogP) is 4.22. The third-order valence-electron chi connectivity index (χ3n) is 4.56. The van der Waals surface area contributed by atoms with Crippen molar-refractivity contribution in [1.82, 2.24) is 4.90 Å². The van der Waals surface area contributed by atoms with Crippen LogP contribution in [-0.4, -0.2) is 48.2 Å². The van der Waals surface area contributed by atoms with E-state index in [2.05, 4.69) is 5.32 Å². The number of benzene rings is 2. The summed E-state index contributed by atoms with van der Waals surface area (Å²) in [6.45, 7) is 1.57. The van der Waals surface area contributed by atoms with E-state index in [-0.39, 0.29) is 16.5 Å². The Morgan fingerprint density at radius 1 is 1.10 bits per heavy atom. The van der Waals surface area contributed by atoms with Gasteiger partial charge >= 0.3 is 0 Å². The van der Waals surface area contributed by atoms with Gasteiger partial charge in [-0.05, 0) is 61.0 Å². The molecular formula is C20H22N4O4S. The van der Waals surface area contributed by atoms with E-state index in [1.807, 2.05) is 4.90 Å². The van der Waals surface area contributed by atoms with E-state index in [1.165, 1.54) is 11.0 Å². The summed E-state index contributed by atoms with van der Waals surface area (Å²) in [4.78, 5) is 39.6. The minimum absolute atomic E-state index is 0.0616. The van der Waals surface area contributed by atoms with Gasteiger partial charge in [-0.15, -0.1) is 0 Å². The Hall–Kier alpha value is -3.07. The molecule has 1 fully saturated rings. The van der Waals surface area contributed by atoms with Crippen LogP contribution in [0.15, 0.2) is 47.4 Å². The molecule has 3 rings (SSSR count). The first-order chi connectivity index (χ1) is 13.8. The van der Waals surface area contributed by atoms with Crippen LogP contribution >= 0.6 is 11.8 Å². The number of hydrogen-bond acceptors (Lipinski definition) is 6. The summed E-state index contributed by atoms with van der Waals surface area (Å²) in [5, 5.41) is 14.1. The lowest BCUT2D eigenvalue weighted by atomic mass is 10.1. The van der Waals surface area contributed by atoms with Gasteiger partial charge in [-0.1, -0.05) is 0 Å². The zero-order valence-electron chi connectivity index (χ0n) is 16.3. The maximum Gasteiger partial charge on any atom is 0.293 e. The van der Waals surface area contributed by atoms with Gasteiger partial charge in [-0.25, -0.2) is 0 Å². The molecule has 0 unspecified atom stereocenters. The third-order valence-corrected chi connectivity index (χ3v) is 5.61. The Labute approximate surface area is 173 Å². The molecule has 1 aliphatic rings. The molecule has 1 N–H and O–H groups in total. The fourth-order valence-corrected chi connectivity index (χ4v) is 3.69.